The lowest BCUT2D eigenvalue weighted by atomic mass is 9.84. The van der Waals surface area contributed by atoms with Crippen LogP contribution in [0.5, 0.6) is 0 Å². The Labute approximate surface area is 189 Å². The highest BCUT2D eigenvalue weighted by Crippen LogP contribution is 2.49. The third kappa shape index (κ3) is 4.37. The van der Waals surface area contributed by atoms with E-state index in [1.807, 2.05) is 4.90 Å². The van der Waals surface area contributed by atoms with E-state index in [-0.39, 0.29) is 23.3 Å². The highest BCUT2D eigenvalue weighted by Gasteiger charge is 2.49. The number of hydrogen-bond acceptors (Lipinski definition) is 4. The number of nitrogens with zero attached hydrogens (tertiary/aromatic N) is 1. The van der Waals surface area contributed by atoms with Crippen molar-refractivity contribution in [3.8, 4) is 0 Å². The number of aliphatic hydroxyl groups is 1. The van der Waals surface area contributed by atoms with Gasteiger partial charge in [0.1, 0.15) is 0 Å². The fourth-order valence-corrected chi connectivity index (χ4v) is 5.04. The zero-order chi connectivity index (χ0) is 23.1. The molecule has 0 spiro atoms. The van der Waals surface area contributed by atoms with Crippen molar-refractivity contribution < 1.29 is 19.4 Å². The molecule has 32 heavy (non-hydrogen) atoms. The predicted molar refractivity (Wildman–Crippen MR) is 124 cm³/mol. The third-order valence-electron chi connectivity index (χ3n) is 6.91. The van der Waals surface area contributed by atoms with Gasteiger partial charge >= 0.3 is 12.0 Å². The van der Waals surface area contributed by atoms with Crippen molar-refractivity contribution in [3.05, 3.63) is 65.2 Å². The number of carbonyl (C=O) groups is 2. The Morgan fingerprint density at radius 3 is 2.06 bits per heavy atom. The first kappa shape index (κ1) is 22.3. The van der Waals surface area contributed by atoms with E-state index in [9.17, 15) is 14.7 Å². The molecule has 2 aliphatic rings. The lowest BCUT2D eigenvalue weighted by Gasteiger charge is -2.28. The van der Waals surface area contributed by atoms with Crippen molar-refractivity contribution >= 4 is 17.7 Å². The zero-order valence-electron chi connectivity index (χ0n) is 19.2. The molecule has 2 amide bonds. The molecule has 0 unspecified atom stereocenters. The second kappa shape index (κ2) is 8.24. The summed E-state index contributed by atoms with van der Waals surface area (Å²) >= 11 is 0. The number of amides is 2. The van der Waals surface area contributed by atoms with Crippen molar-refractivity contribution in [2.24, 2.45) is 11.8 Å². The van der Waals surface area contributed by atoms with Gasteiger partial charge in [0, 0.05) is 18.8 Å². The summed E-state index contributed by atoms with van der Waals surface area (Å²) in [6.07, 6.45) is 1.34. The second-order valence-corrected chi connectivity index (χ2v) is 10.2. The first-order valence-corrected chi connectivity index (χ1v) is 11.2. The lowest BCUT2D eigenvalue weighted by molar-refractivity contribution is 0.0328. The third-order valence-corrected chi connectivity index (χ3v) is 6.91. The van der Waals surface area contributed by atoms with Crippen LogP contribution in [0, 0.1) is 11.8 Å². The van der Waals surface area contributed by atoms with Crippen LogP contribution < -0.4 is 5.32 Å². The van der Waals surface area contributed by atoms with Crippen molar-refractivity contribution in [3.63, 3.8) is 0 Å². The molecule has 2 fully saturated rings. The van der Waals surface area contributed by atoms with E-state index in [1.165, 1.54) is 12.7 Å². The molecular formula is C26H32N2O4. The Kier molecular flexibility index (Phi) is 5.76. The molecule has 6 heteroatoms. The number of ether oxygens (including phenoxy) is 1. The van der Waals surface area contributed by atoms with Gasteiger partial charge in [-0.2, -0.15) is 0 Å². The van der Waals surface area contributed by atoms with E-state index in [2.05, 4.69) is 50.4 Å². The van der Waals surface area contributed by atoms with Crippen LogP contribution in [0.4, 0.5) is 10.5 Å². The fourth-order valence-electron chi connectivity index (χ4n) is 5.04. The van der Waals surface area contributed by atoms with Gasteiger partial charge in [-0.05, 0) is 65.5 Å². The van der Waals surface area contributed by atoms with Gasteiger partial charge < -0.3 is 20.1 Å². The molecule has 4 rings (SSSR count). The molecule has 170 valence electrons. The number of methoxy groups -OCH3 is 1. The first-order valence-electron chi connectivity index (χ1n) is 11.2. The summed E-state index contributed by atoms with van der Waals surface area (Å²) in [6, 6.07) is 14.9. The van der Waals surface area contributed by atoms with Crippen molar-refractivity contribution in [2.45, 2.75) is 44.6 Å². The molecule has 1 aliphatic carbocycles. The van der Waals surface area contributed by atoms with Gasteiger partial charge in [0.2, 0.25) is 0 Å². The average Bonchev–Trinajstić information content (AvgIpc) is 3.29. The molecule has 0 aromatic heterocycles. The van der Waals surface area contributed by atoms with Crippen LogP contribution in [0.25, 0.3) is 0 Å². The Bertz CT molecular complexity index is 978. The van der Waals surface area contributed by atoms with E-state index < -0.39 is 11.6 Å². The lowest BCUT2D eigenvalue weighted by Crippen LogP contribution is -2.35. The Hall–Kier alpha value is -2.86. The van der Waals surface area contributed by atoms with Crippen molar-refractivity contribution in [1.29, 1.82) is 0 Å². The summed E-state index contributed by atoms with van der Waals surface area (Å²) in [5.41, 5.74) is 2.57. The number of carbonyl (C=O) groups excluding carboxylic acids is 2. The molecule has 2 aromatic carbocycles. The number of fused-ring (bicyclic) bond motifs is 1. The quantitative estimate of drug-likeness (QED) is 0.693. The van der Waals surface area contributed by atoms with E-state index in [0.717, 1.165) is 5.56 Å². The molecule has 1 saturated heterocycles. The Morgan fingerprint density at radius 1 is 1.00 bits per heavy atom. The SMILES string of the molecule is COC(=O)c1ccc(NC(=O)N2C[C@@H]3C[C@@](O)(c4ccc(C(C)(C)C)cc4)C[C@@H]3C2)cc1. The van der Waals surface area contributed by atoms with Gasteiger partial charge in [0.05, 0.1) is 18.3 Å². The molecule has 6 nitrogen and oxygen atoms in total. The number of nitrogens with one attached hydrogen (secondary N) is 1. The number of urea groups is 1. The van der Waals surface area contributed by atoms with E-state index in [0.29, 0.717) is 37.2 Å². The number of rotatable bonds is 3. The molecule has 0 bridgehead atoms. The molecule has 2 N–H and O–H groups in total. The Balaban J connectivity index is 1.36. The number of hydrogen-bond donors (Lipinski definition) is 2. The van der Waals surface area contributed by atoms with Crippen molar-refractivity contribution in [1.82, 2.24) is 4.90 Å². The predicted octanol–water partition coefficient (Wildman–Crippen LogP) is 4.53. The molecule has 2 aromatic rings. The van der Waals surface area contributed by atoms with Crippen LogP contribution >= 0.6 is 0 Å². The monoisotopic (exact) mass is 436 g/mol. The van der Waals surface area contributed by atoms with Gasteiger partial charge in [-0.25, -0.2) is 9.59 Å². The summed E-state index contributed by atoms with van der Waals surface area (Å²) in [4.78, 5) is 26.1. The summed E-state index contributed by atoms with van der Waals surface area (Å²) in [5.74, 6) is 0.167. The molecule has 1 aliphatic heterocycles. The van der Waals surface area contributed by atoms with E-state index >= 15 is 0 Å². The molecule has 0 radical (unpaired) electrons. The second-order valence-electron chi connectivity index (χ2n) is 10.2. The Morgan fingerprint density at radius 2 is 1.56 bits per heavy atom. The number of likely N-dealkylation sites (tertiary alicyclic amines) is 1. The van der Waals surface area contributed by atoms with Crippen LogP contribution in [0.15, 0.2) is 48.5 Å². The summed E-state index contributed by atoms with van der Waals surface area (Å²) in [5, 5.41) is 14.3. The smallest absolute Gasteiger partial charge is 0.337 e. The maximum absolute atomic E-state index is 12.7. The largest absolute Gasteiger partial charge is 0.465 e. The minimum atomic E-state index is -0.821. The van der Waals surface area contributed by atoms with Gasteiger partial charge in [0.15, 0.2) is 0 Å². The van der Waals surface area contributed by atoms with E-state index in [1.54, 1.807) is 24.3 Å². The molecule has 1 heterocycles. The first-order chi connectivity index (χ1) is 15.1. The summed E-state index contributed by atoms with van der Waals surface area (Å²) in [7, 11) is 1.34. The maximum Gasteiger partial charge on any atom is 0.337 e. The van der Waals surface area contributed by atoms with Crippen LogP contribution in [0.1, 0.15) is 55.1 Å². The highest BCUT2D eigenvalue weighted by molar-refractivity contribution is 5.92. The standard InChI is InChI=1S/C26H32N2O4/c1-25(2,3)20-7-9-21(10-8-20)26(31)13-18-15-28(16-19(18)14-26)24(30)27-22-11-5-17(6-12-22)23(29)32-4/h5-12,18-19,31H,13-16H2,1-4H3,(H,27,30)/t18-,19+,26-. The maximum atomic E-state index is 12.7. The normalized spacial score (nSPS) is 24.8. The van der Waals surface area contributed by atoms with Crippen LogP contribution in [-0.2, 0) is 15.8 Å². The summed E-state index contributed by atoms with van der Waals surface area (Å²) in [6.45, 7) is 7.83. The number of esters is 1. The topological polar surface area (TPSA) is 78.9 Å². The van der Waals surface area contributed by atoms with Crippen LogP contribution in [0.3, 0.4) is 0 Å². The van der Waals surface area contributed by atoms with Gasteiger partial charge in [-0.1, -0.05) is 45.0 Å². The van der Waals surface area contributed by atoms with Gasteiger partial charge in [-0.3, -0.25) is 0 Å². The molecule has 3 atom stereocenters. The van der Waals surface area contributed by atoms with Crippen LogP contribution in [0.2, 0.25) is 0 Å². The van der Waals surface area contributed by atoms with Crippen molar-refractivity contribution in [2.75, 3.05) is 25.5 Å². The average molecular weight is 437 g/mol. The minimum Gasteiger partial charge on any atom is -0.465 e. The molecular weight excluding hydrogens is 404 g/mol. The van der Waals surface area contributed by atoms with Gasteiger partial charge in [-0.15, -0.1) is 0 Å². The van der Waals surface area contributed by atoms with Gasteiger partial charge in [0.25, 0.3) is 0 Å². The fraction of sp³-hybridized carbons (Fsp3) is 0.462. The summed E-state index contributed by atoms with van der Waals surface area (Å²) < 4.78 is 4.70. The molecule has 1 saturated carbocycles. The number of benzene rings is 2. The number of anilines is 1. The van der Waals surface area contributed by atoms with E-state index in [4.69, 9.17) is 4.74 Å². The minimum absolute atomic E-state index is 0.0842. The highest BCUT2D eigenvalue weighted by atomic mass is 16.5. The zero-order valence-corrected chi connectivity index (χ0v) is 19.2. The van der Waals surface area contributed by atoms with Crippen LogP contribution in [-0.4, -0.2) is 42.2 Å².